The molecule has 24 heavy (non-hydrogen) atoms. The molecule has 0 saturated carbocycles. The van der Waals surface area contributed by atoms with E-state index in [1.165, 1.54) is 12.1 Å². The zero-order valence-corrected chi connectivity index (χ0v) is 14.2. The summed E-state index contributed by atoms with van der Waals surface area (Å²) in [5, 5.41) is 8.79. The van der Waals surface area contributed by atoms with Crippen molar-refractivity contribution in [3.63, 3.8) is 0 Å². The molecule has 1 saturated heterocycles. The van der Waals surface area contributed by atoms with Crippen LogP contribution in [0.15, 0.2) is 24.3 Å². The Hall–Kier alpha value is -1.91. The molecule has 0 spiro atoms. The molecule has 0 bridgehead atoms. The van der Waals surface area contributed by atoms with Crippen LogP contribution < -0.4 is 0 Å². The molecule has 1 aromatic carbocycles. The van der Waals surface area contributed by atoms with Crippen LogP contribution in [0.5, 0.6) is 0 Å². The van der Waals surface area contributed by atoms with Gasteiger partial charge >= 0.3 is 5.97 Å². The third-order valence-corrected chi connectivity index (χ3v) is 4.63. The molecule has 0 aliphatic carbocycles. The van der Waals surface area contributed by atoms with Gasteiger partial charge in [0.2, 0.25) is 5.91 Å². The van der Waals surface area contributed by atoms with Gasteiger partial charge in [0.05, 0.1) is 0 Å². The Balaban J connectivity index is 1.81. The van der Waals surface area contributed by atoms with E-state index in [0.717, 1.165) is 24.9 Å². The molecule has 5 heteroatoms. The van der Waals surface area contributed by atoms with Crippen LogP contribution in [0.1, 0.15) is 44.6 Å². The summed E-state index contributed by atoms with van der Waals surface area (Å²) in [7, 11) is 0. The number of benzene rings is 1. The van der Waals surface area contributed by atoms with Crippen molar-refractivity contribution in [2.75, 3.05) is 13.1 Å². The maximum absolute atomic E-state index is 13.2. The van der Waals surface area contributed by atoms with Crippen molar-refractivity contribution in [3.8, 4) is 0 Å². The summed E-state index contributed by atoms with van der Waals surface area (Å²) in [6.07, 6.45) is 3.87. The lowest BCUT2D eigenvalue weighted by Gasteiger charge is -2.33. The van der Waals surface area contributed by atoms with E-state index in [2.05, 4.69) is 0 Å². The summed E-state index contributed by atoms with van der Waals surface area (Å²) in [5.74, 6) is -0.458. The Kier molecular flexibility index (Phi) is 6.76. The molecular formula is C19H26FNO3. The number of amides is 1. The average molecular weight is 335 g/mol. The van der Waals surface area contributed by atoms with Gasteiger partial charge in [0.25, 0.3) is 0 Å². The van der Waals surface area contributed by atoms with E-state index < -0.39 is 5.97 Å². The highest BCUT2D eigenvalue weighted by molar-refractivity contribution is 5.76. The number of nitrogens with zero attached hydrogens (tertiary/aromatic N) is 1. The highest BCUT2D eigenvalue weighted by Crippen LogP contribution is 2.23. The van der Waals surface area contributed by atoms with E-state index in [-0.39, 0.29) is 30.0 Å². The van der Waals surface area contributed by atoms with Crippen molar-refractivity contribution >= 4 is 11.9 Å². The Labute approximate surface area is 142 Å². The van der Waals surface area contributed by atoms with E-state index in [1.807, 2.05) is 17.9 Å². The maximum Gasteiger partial charge on any atom is 0.303 e. The van der Waals surface area contributed by atoms with Crippen molar-refractivity contribution in [2.24, 2.45) is 11.8 Å². The number of likely N-dealkylation sites (tertiary alicyclic amines) is 1. The third-order valence-electron chi connectivity index (χ3n) is 4.63. The molecule has 1 heterocycles. The molecule has 0 unspecified atom stereocenters. The second kappa shape index (κ2) is 8.81. The largest absolute Gasteiger partial charge is 0.481 e. The Morgan fingerprint density at radius 3 is 2.92 bits per heavy atom. The number of carbonyl (C=O) groups excluding carboxylic acids is 1. The minimum Gasteiger partial charge on any atom is -0.481 e. The molecule has 132 valence electrons. The van der Waals surface area contributed by atoms with Crippen molar-refractivity contribution in [3.05, 3.63) is 35.6 Å². The van der Waals surface area contributed by atoms with E-state index in [1.54, 1.807) is 6.07 Å². The first-order valence-electron chi connectivity index (χ1n) is 8.68. The first kappa shape index (κ1) is 18.4. The van der Waals surface area contributed by atoms with Crippen molar-refractivity contribution in [1.82, 2.24) is 4.90 Å². The molecule has 4 nitrogen and oxygen atoms in total. The monoisotopic (exact) mass is 335 g/mol. The number of rotatable bonds is 7. The Bertz CT molecular complexity index is 575. The van der Waals surface area contributed by atoms with Crippen LogP contribution in [-0.4, -0.2) is 35.0 Å². The molecule has 1 aliphatic rings. The number of carboxylic acid groups (broad SMARTS) is 1. The van der Waals surface area contributed by atoms with Crippen molar-refractivity contribution in [2.45, 2.75) is 45.4 Å². The predicted octanol–water partition coefficient (Wildman–Crippen LogP) is 3.50. The fraction of sp³-hybridized carbons (Fsp3) is 0.579. The molecule has 1 amide bonds. The number of carboxylic acids is 1. The lowest BCUT2D eigenvalue weighted by molar-refractivity contribution is -0.137. The topological polar surface area (TPSA) is 57.6 Å². The highest BCUT2D eigenvalue weighted by atomic mass is 19.1. The van der Waals surface area contributed by atoms with Crippen LogP contribution in [0.25, 0.3) is 0 Å². The number of piperidine rings is 1. The quantitative estimate of drug-likeness (QED) is 0.830. The van der Waals surface area contributed by atoms with Gasteiger partial charge in [-0.1, -0.05) is 19.1 Å². The molecule has 1 aliphatic heterocycles. The molecule has 1 fully saturated rings. The summed E-state index contributed by atoms with van der Waals surface area (Å²) in [6.45, 7) is 3.43. The van der Waals surface area contributed by atoms with E-state index in [9.17, 15) is 14.0 Å². The van der Waals surface area contributed by atoms with Gasteiger partial charge in [0.1, 0.15) is 5.82 Å². The number of hydrogen-bond acceptors (Lipinski definition) is 2. The van der Waals surface area contributed by atoms with Crippen LogP contribution in [0, 0.1) is 17.7 Å². The number of carbonyl (C=O) groups is 2. The van der Waals surface area contributed by atoms with Gasteiger partial charge in [-0.2, -0.15) is 0 Å². The lowest BCUT2D eigenvalue weighted by Crippen LogP contribution is -2.40. The zero-order valence-electron chi connectivity index (χ0n) is 14.2. The third kappa shape index (κ3) is 5.95. The van der Waals surface area contributed by atoms with Crippen molar-refractivity contribution in [1.29, 1.82) is 0 Å². The van der Waals surface area contributed by atoms with Crippen LogP contribution in [0.3, 0.4) is 0 Å². The fourth-order valence-electron chi connectivity index (χ4n) is 3.42. The smallest absolute Gasteiger partial charge is 0.303 e. The molecule has 0 aromatic heterocycles. The summed E-state index contributed by atoms with van der Waals surface area (Å²) < 4.78 is 13.2. The molecule has 2 atom stereocenters. The lowest BCUT2D eigenvalue weighted by atomic mass is 9.92. The van der Waals surface area contributed by atoms with Gasteiger partial charge < -0.3 is 10.0 Å². The second-order valence-corrected chi connectivity index (χ2v) is 6.92. The van der Waals surface area contributed by atoms with Gasteiger partial charge in [-0.3, -0.25) is 9.59 Å². The summed E-state index contributed by atoms with van der Waals surface area (Å²) in [6, 6.07) is 6.51. The molecule has 1 aromatic rings. The zero-order chi connectivity index (χ0) is 17.5. The summed E-state index contributed by atoms with van der Waals surface area (Å²) >= 11 is 0. The first-order valence-corrected chi connectivity index (χ1v) is 8.68. The molecular weight excluding hydrogens is 309 g/mol. The standard InChI is InChI=1S/C19H26FNO3/c1-14(10-16-4-2-6-17(20)12-16)11-18(22)21-9-3-5-15(13-21)7-8-19(23)24/h2,4,6,12,14-15H,3,5,7-11,13H2,1H3,(H,23,24)/t14-,15+/m1/s1. The van der Waals surface area contributed by atoms with Crippen LogP contribution in [0.2, 0.25) is 0 Å². The van der Waals surface area contributed by atoms with E-state index in [0.29, 0.717) is 25.8 Å². The van der Waals surface area contributed by atoms with Crippen LogP contribution >= 0.6 is 0 Å². The number of hydrogen-bond donors (Lipinski definition) is 1. The van der Waals surface area contributed by atoms with Gasteiger partial charge in [0.15, 0.2) is 0 Å². The molecule has 2 rings (SSSR count). The average Bonchev–Trinajstić information content (AvgIpc) is 2.53. The normalized spacial score (nSPS) is 19.1. The van der Waals surface area contributed by atoms with E-state index >= 15 is 0 Å². The Morgan fingerprint density at radius 2 is 2.21 bits per heavy atom. The Morgan fingerprint density at radius 1 is 1.42 bits per heavy atom. The van der Waals surface area contributed by atoms with Gasteiger partial charge in [-0.05, 0) is 55.2 Å². The fourth-order valence-corrected chi connectivity index (χ4v) is 3.42. The first-order chi connectivity index (χ1) is 11.4. The summed E-state index contributed by atoms with van der Waals surface area (Å²) in [5.41, 5.74) is 0.910. The predicted molar refractivity (Wildman–Crippen MR) is 90.1 cm³/mol. The van der Waals surface area contributed by atoms with Gasteiger partial charge in [-0.15, -0.1) is 0 Å². The SMILES string of the molecule is C[C@@H](CC(=O)N1CCC[C@@H](CCC(=O)O)C1)Cc1cccc(F)c1. The maximum atomic E-state index is 13.2. The van der Waals surface area contributed by atoms with Crippen LogP contribution in [-0.2, 0) is 16.0 Å². The second-order valence-electron chi connectivity index (χ2n) is 6.92. The minimum absolute atomic E-state index is 0.124. The number of halogens is 1. The number of aliphatic carboxylic acids is 1. The van der Waals surface area contributed by atoms with E-state index in [4.69, 9.17) is 5.11 Å². The minimum atomic E-state index is -0.776. The van der Waals surface area contributed by atoms with Gasteiger partial charge in [-0.25, -0.2) is 4.39 Å². The highest BCUT2D eigenvalue weighted by Gasteiger charge is 2.25. The van der Waals surface area contributed by atoms with Gasteiger partial charge in [0, 0.05) is 25.9 Å². The van der Waals surface area contributed by atoms with Crippen LogP contribution in [0.4, 0.5) is 4.39 Å². The molecule has 0 radical (unpaired) electrons. The summed E-state index contributed by atoms with van der Waals surface area (Å²) in [4.78, 5) is 25.1. The molecule has 1 N–H and O–H groups in total. The van der Waals surface area contributed by atoms with Crippen molar-refractivity contribution < 1.29 is 19.1 Å².